The van der Waals surface area contributed by atoms with Gasteiger partial charge in [-0.25, -0.2) is 8.78 Å². The summed E-state index contributed by atoms with van der Waals surface area (Å²) in [6.45, 7) is 0. The van der Waals surface area contributed by atoms with Gasteiger partial charge in [-0.05, 0) is 46.5 Å². The van der Waals surface area contributed by atoms with Crippen molar-refractivity contribution in [3.05, 3.63) is 78.4 Å². The lowest BCUT2D eigenvalue weighted by atomic mass is 9.82. The molecule has 3 heteroatoms. The fourth-order valence-electron chi connectivity index (χ4n) is 2.54. The molecule has 0 N–H and O–H groups in total. The van der Waals surface area contributed by atoms with Crippen LogP contribution in [0, 0.1) is 11.6 Å². The highest BCUT2D eigenvalue weighted by Crippen LogP contribution is 2.30. The molecule has 0 saturated heterocycles. The van der Waals surface area contributed by atoms with Crippen LogP contribution in [0.1, 0.15) is 0 Å². The van der Waals surface area contributed by atoms with Gasteiger partial charge in [-0.3, -0.25) is 0 Å². The molecule has 0 heterocycles. The maximum atomic E-state index is 13.1. The van der Waals surface area contributed by atoms with E-state index in [9.17, 15) is 8.78 Å². The number of halogens is 2. The molecular formula is C18H13BF2. The van der Waals surface area contributed by atoms with E-state index in [1.807, 2.05) is 26.0 Å². The van der Waals surface area contributed by atoms with Crippen LogP contribution in [0.3, 0.4) is 0 Å². The van der Waals surface area contributed by atoms with Crippen LogP contribution in [0.15, 0.2) is 66.7 Å². The van der Waals surface area contributed by atoms with Crippen LogP contribution >= 0.6 is 0 Å². The van der Waals surface area contributed by atoms with Gasteiger partial charge < -0.3 is 0 Å². The van der Waals surface area contributed by atoms with Crippen molar-refractivity contribution in [1.82, 2.24) is 0 Å². The Bertz CT molecular complexity index is 762. The molecule has 3 rings (SSSR count). The van der Waals surface area contributed by atoms with E-state index in [0.29, 0.717) is 0 Å². The van der Waals surface area contributed by atoms with Crippen LogP contribution in [-0.2, 0) is 0 Å². The van der Waals surface area contributed by atoms with E-state index in [4.69, 9.17) is 0 Å². The monoisotopic (exact) mass is 278 g/mol. The van der Waals surface area contributed by atoms with E-state index in [2.05, 4.69) is 0 Å². The first-order chi connectivity index (χ1) is 10.1. The van der Waals surface area contributed by atoms with Crippen molar-refractivity contribution in [1.29, 1.82) is 0 Å². The highest BCUT2D eigenvalue weighted by molar-refractivity contribution is 6.37. The third-order valence-electron chi connectivity index (χ3n) is 3.56. The molecule has 0 aromatic heterocycles. The van der Waals surface area contributed by atoms with E-state index in [1.54, 1.807) is 24.3 Å². The minimum absolute atomic E-state index is 0.254. The second kappa shape index (κ2) is 5.53. The largest absolute Gasteiger partial charge is 0.207 e. The average molecular weight is 278 g/mol. The molecule has 0 nitrogen and oxygen atoms in total. The fraction of sp³-hybridized carbons (Fsp3) is 0. The first kappa shape index (κ1) is 13.6. The predicted molar refractivity (Wildman–Crippen MR) is 85.4 cm³/mol. The van der Waals surface area contributed by atoms with Crippen LogP contribution in [0.4, 0.5) is 8.78 Å². The zero-order valence-electron chi connectivity index (χ0n) is 11.6. The van der Waals surface area contributed by atoms with Crippen molar-refractivity contribution in [2.45, 2.75) is 0 Å². The van der Waals surface area contributed by atoms with Crippen LogP contribution in [0.25, 0.3) is 22.3 Å². The molecule has 0 unspecified atom stereocenters. The Morgan fingerprint density at radius 1 is 0.619 bits per heavy atom. The molecule has 0 fully saturated rings. The molecule has 0 aliphatic carbocycles. The summed E-state index contributed by atoms with van der Waals surface area (Å²) in [7, 11) is 2.02. The van der Waals surface area contributed by atoms with Gasteiger partial charge in [0.1, 0.15) is 19.5 Å². The molecule has 0 aliphatic heterocycles. The van der Waals surface area contributed by atoms with Gasteiger partial charge in [0, 0.05) is 0 Å². The van der Waals surface area contributed by atoms with Crippen molar-refractivity contribution in [3.8, 4) is 22.3 Å². The topological polar surface area (TPSA) is 0 Å². The molecule has 3 aromatic carbocycles. The van der Waals surface area contributed by atoms with E-state index in [1.165, 1.54) is 24.3 Å². The molecule has 0 amide bonds. The summed E-state index contributed by atoms with van der Waals surface area (Å²) in [6, 6.07) is 18.9. The Morgan fingerprint density at radius 3 is 1.71 bits per heavy atom. The van der Waals surface area contributed by atoms with Gasteiger partial charge >= 0.3 is 0 Å². The third kappa shape index (κ3) is 2.73. The average Bonchev–Trinajstić information content (AvgIpc) is 2.49. The fourth-order valence-corrected chi connectivity index (χ4v) is 2.54. The van der Waals surface area contributed by atoms with Crippen molar-refractivity contribution in [3.63, 3.8) is 0 Å². The number of hydrogen-bond donors (Lipinski definition) is 0. The smallest absolute Gasteiger partial charge is 0.140 e. The van der Waals surface area contributed by atoms with Gasteiger partial charge in [0.15, 0.2) is 0 Å². The molecular weight excluding hydrogens is 265 g/mol. The van der Waals surface area contributed by atoms with Gasteiger partial charge in [0.25, 0.3) is 0 Å². The minimum Gasteiger partial charge on any atom is -0.207 e. The Labute approximate surface area is 123 Å². The van der Waals surface area contributed by atoms with Crippen LogP contribution < -0.4 is 5.46 Å². The maximum absolute atomic E-state index is 13.1. The normalized spacial score (nSPS) is 10.6. The molecule has 3 aromatic rings. The Hall–Kier alpha value is -2.42. The van der Waals surface area contributed by atoms with Gasteiger partial charge in [-0.15, -0.1) is 0 Å². The molecule has 0 aliphatic rings. The first-order valence-electron chi connectivity index (χ1n) is 6.76. The Kier molecular flexibility index (Phi) is 3.57. The zero-order chi connectivity index (χ0) is 14.8. The summed E-state index contributed by atoms with van der Waals surface area (Å²) in [6.07, 6.45) is 0. The summed E-state index contributed by atoms with van der Waals surface area (Å²) in [5, 5.41) is 0. The van der Waals surface area contributed by atoms with E-state index in [-0.39, 0.29) is 11.6 Å². The van der Waals surface area contributed by atoms with Gasteiger partial charge in [0.05, 0.1) is 0 Å². The van der Waals surface area contributed by atoms with Crippen LogP contribution in [-0.4, -0.2) is 7.85 Å². The molecule has 21 heavy (non-hydrogen) atoms. The summed E-state index contributed by atoms with van der Waals surface area (Å²) in [5.74, 6) is -0.509. The summed E-state index contributed by atoms with van der Waals surface area (Å²) in [5.41, 5.74) is 5.06. The highest BCUT2D eigenvalue weighted by Gasteiger charge is 2.10. The molecule has 0 atom stereocenters. The summed E-state index contributed by atoms with van der Waals surface area (Å²) in [4.78, 5) is 0. The Balaban J connectivity index is 2.20. The Morgan fingerprint density at radius 2 is 1.14 bits per heavy atom. The van der Waals surface area contributed by atoms with Crippen molar-refractivity contribution in [2.24, 2.45) is 0 Å². The second-order valence-electron chi connectivity index (χ2n) is 5.01. The van der Waals surface area contributed by atoms with Gasteiger partial charge in [-0.2, -0.15) is 0 Å². The summed E-state index contributed by atoms with van der Waals surface area (Å²) >= 11 is 0. The summed E-state index contributed by atoms with van der Waals surface area (Å²) < 4.78 is 26.2. The quantitative estimate of drug-likeness (QED) is 0.629. The van der Waals surface area contributed by atoms with E-state index < -0.39 is 0 Å². The lowest BCUT2D eigenvalue weighted by Crippen LogP contribution is -2.07. The van der Waals surface area contributed by atoms with Crippen molar-refractivity contribution >= 4 is 13.3 Å². The van der Waals surface area contributed by atoms with Crippen LogP contribution in [0.2, 0.25) is 0 Å². The minimum atomic E-state index is -0.255. The molecule has 0 saturated carbocycles. The SMILES string of the molecule is Bc1cccc(-c2ccc(F)cc2)c1-c1ccc(F)cc1. The molecule has 0 radical (unpaired) electrons. The number of benzene rings is 3. The number of rotatable bonds is 2. The standard InChI is InChI=1S/C18H13BF2/c19-17-3-1-2-16(12-4-8-14(20)9-5-12)18(17)13-6-10-15(21)11-7-13/h1-11H,19H2. The highest BCUT2D eigenvalue weighted by atomic mass is 19.1. The molecule has 0 spiro atoms. The first-order valence-corrected chi connectivity index (χ1v) is 6.76. The van der Waals surface area contributed by atoms with Gasteiger partial charge in [0.2, 0.25) is 0 Å². The van der Waals surface area contributed by atoms with Gasteiger partial charge in [-0.1, -0.05) is 47.9 Å². The van der Waals surface area contributed by atoms with E-state index >= 15 is 0 Å². The second-order valence-corrected chi connectivity index (χ2v) is 5.01. The zero-order valence-corrected chi connectivity index (χ0v) is 11.6. The molecule has 102 valence electrons. The van der Waals surface area contributed by atoms with E-state index in [0.717, 1.165) is 27.7 Å². The predicted octanol–water partition coefficient (Wildman–Crippen LogP) is 3.56. The lowest BCUT2D eigenvalue weighted by molar-refractivity contribution is 0.627. The van der Waals surface area contributed by atoms with Crippen molar-refractivity contribution in [2.75, 3.05) is 0 Å². The lowest BCUT2D eigenvalue weighted by Gasteiger charge is -2.13. The third-order valence-corrected chi connectivity index (χ3v) is 3.56. The van der Waals surface area contributed by atoms with Crippen molar-refractivity contribution < 1.29 is 8.78 Å². The van der Waals surface area contributed by atoms with Crippen LogP contribution in [0.5, 0.6) is 0 Å². The molecule has 0 bridgehead atoms. The maximum Gasteiger partial charge on any atom is 0.140 e. The number of hydrogen-bond acceptors (Lipinski definition) is 0.